The first-order valence-corrected chi connectivity index (χ1v) is 7.18. The maximum Gasteiger partial charge on any atom is 0.119 e. The average Bonchev–Trinajstić information content (AvgIpc) is 2.34. The van der Waals surface area contributed by atoms with Crippen molar-refractivity contribution in [2.24, 2.45) is 5.92 Å². The van der Waals surface area contributed by atoms with Gasteiger partial charge in [-0.3, -0.25) is 0 Å². The number of likely N-dealkylation sites (N-methyl/N-ethyl adjacent to an activating group) is 1. The molecular weight excluding hydrogens is 222 g/mol. The Morgan fingerprint density at radius 2 is 2.22 bits per heavy atom. The van der Waals surface area contributed by atoms with Crippen LogP contribution in [-0.4, -0.2) is 19.7 Å². The van der Waals surface area contributed by atoms with Crippen LogP contribution in [0.25, 0.3) is 0 Å². The SMILES string of the molecule is CCNC(Cc1cccc(OC)c1)CC1CCC1. The Bertz CT molecular complexity index is 360. The molecule has 2 rings (SSSR count). The minimum absolute atomic E-state index is 0.618. The van der Waals surface area contributed by atoms with E-state index in [0.29, 0.717) is 6.04 Å². The molecule has 0 radical (unpaired) electrons. The van der Waals surface area contributed by atoms with E-state index in [4.69, 9.17) is 4.74 Å². The van der Waals surface area contributed by atoms with Crippen molar-refractivity contribution in [1.82, 2.24) is 5.32 Å². The largest absolute Gasteiger partial charge is 0.497 e. The highest BCUT2D eigenvalue weighted by Crippen LogP contribution is 2.31. The van der Waals surface area contributed by atoms with Gasteiger partial charge in [0.15, 0.2) is 0 Å². The summed E-state index contributed by atoms with van der Waals surface area (Å²) in [6.45, 7) is 3.25. The Kier molecular flexibility index (Phi) is 5.06. The first-order valence-electron chi connectivity index (χ1n) is 7.18. The van der Waals surface area contributed by atoms with Crippen LogP contribution in [0.2, 0.25) is 0 Å². The lowest BCUT2D eigenvalue weighted by Gasteiger charge is -2.30. The molecule has 1 aromatic carbocycles. The average molecular weight is 247 g/mol. The number of rotatable bonds is 7. The monoisotopic (exact) mass is 247 g/mol. The van der Waals surface area contributed by atoms with Crippen LogP contribution in [0.5, 0.6) is 5.75 Å². The molecule has 1 aromatic rings. The topological polar surface area (TPSA) is 21.3 Å². The second kappa shape index (κ2) is 6.79. The van der Waals surface area contributed by atoms with Crippen LogP contribution in [0.15, 0.2) is 24.3 Å². The van der Waals surface area contributed by atoms with Gasteiger partial charge in [-0.1, -0.05) is 38.3 Å². The molecule has 2 nitrogen and oxygen atoms in total. The summed E-state index contributed by atoms with van der Waals surface area (Å²) in [5, 5.41) is 3.63. The Hall–Kier alpha value is -1.02. The lowest BCUT2D eigenvalue weighted by molar-refractivity contribution is 0.260. The highest BCUT2D eigenvalue weighted by atomic mass is 16.5. The maximum atomic E-state index is 5.29. The lowest BCUT2D eigenvalue weighted by Crippen LogP contribution is -2.34. The van der Waals surface area contributed by atoms with Gasteiger partial charge in [0.25, 0.3) is 0 Å². The molecule has 1 aliphatic carbocycles. The van der Waals surface area contributed by atoms with E-state index in [1.807, 2.05) is 6.07 Å². The van der Waals surface area contributed by atoms with Crippen molar-refractivity contribution >= 4 is 0 Å². The Morgan fingerprint density at radius 1 is 1.39 bits per heavy atom. The molecule has 0 aliphatic heterocycles. The van der Waals surface area contributed by atoms with E-state index >= 15 is 0 Å². The fourth-order valence-corrected chi connectivity index (χ4v) is 2.74. The molecular formula is C16H25NO. The molecule has 0 bridgehead atoms. The normalized spacial score (nSPS) is 17.2. The molecule has 1 saturated carbocycles. The molecule has 18 heavy (non-hydrogen) atoms. The molecule has 100 valence electrons. The van der Waals surface area contributed by atoms with Crippen LogP contribution < -0.4 is 10.1 Å². The van der Waals surface area contributed by atoms with Gasteiger partial charge < -0.3 is 10.1 Å². The highest BCUT2D eigenvalue weighted by Gasteiger charge is 2.21. The zero-order valence-corrected chi connectivity index (χ0v) is 11.6. The van der Waals surface area contributed by atoms with Crippen molar-refractivity contribution in [2.45, 2.75) is 45.1 Å². The van der Waals surface area contributed by atoms with Gasteiger partial charge in [-0.2, -0.15) is 0 Å². The van der Waals surface area contributed by atoms with Crippen molar-refractivity contribution in [3.63, 3.8) is 0 Å². The summed E-state index contributed by atoms with van der Waals surface area (Å²) in [7, 11) is 1.73. The zero-order chi connectivity index (χ0) is 12.8. The number of ether oxygens (including phenoxy) is 1. The summed E-state index contributed by atoms with van der Waals surface area (Å²) in [4.78, 5) is 0. The zero-order valence-electron chi connectivity index (χ0n) is 11.6. The van der Waals surface area contributed by atoms with Gasteiger partial charge in [-0.05, 0) is 43.0 Å². The number of hydrogen-bond donors (Lipinski definition) is 1. The van der Waals surface area contributed by atoms with Crippen molar-refractivity contribution in [3.05, 3.63) is 29.8 Å². The molecule has 1 fully saturated rings. The van der Waals surface area contributed by atoms with Crippen LogP contribution in [0.3, 0.4) is 0 Å². The summed E-state index contributed by atoms with van der Waals surface area (Å²) < 4.78 is 5.29. The fraction of sp³-hybridized carbons (Fsp3) is 0.625. The number of benzene rings is 1. The van der Waals surface area contributed by atoms with E-state index in [2.05, 4.69) is 30.4 Å². The molecule has 0 heterocycles. The summed E-state index contributed by atoms with van der Waals surface area (Å²) in [6, 6.07) is 9.07. The van der Waals surface area contributed by atoms with Gasteiger partial charge in [0, 0.05) is 6.04 Å². The molecule has 1 unspecified atom stereocenters. The third kappa shape index (κ3) is 3.74. The minimum atomic E-state index is 0.618. The Balaban J connectivity index is 1.93. The van der Waals surface area contributed by atoms with E-state index in [-0.39, 0.29) is 0 Å². The molecule has 1 aliphatic rings. The molecule has 0 aromatic heterocycles. The number of methoxy groups -OCH3 is 1. The number of hydrogen-bond acceptors (Lipinski definition) is 2. The molecule has 2 heteroatoms. The maximum absolute atomic E-state index is 5.29. The summed E-state index contributed by atoms with van der Waals surface area (Å²) in [6.07, 6.45) is 6.73. The Labute approximate surface area is 111 Å². The smallest absolute Gasteiger partial charge is 0.119 e. The van der Waals surface area contributed by atoms with Gasteiger partial charge >= 0.3 is 0 Å². The first kappa shape index (κ1) is 13.4. The summed E-state index contributed by atoms with van der Waals surface area (Å²) >= 11 is 0. The number of nitrogens with one attached hydrogen (secondary N) is 1. The van der Waals surface area contributed by atoms with Crippen LogP contribution in [-0.2, 0) is 6.42 Å². The minimum Gasteiger partial charge on any atom is -0.497 e. The summed E-state index contributed by atoms with van der Waals surface area (Å²) in [5.41, 5.74) is 1.37. The van der Waals surface area contributed by atoms with Gasteiger partial charge in [0.2, 0.25) is 0 Å². The second-order valence-corrected chi connectivity index (χ2v) is 5.34. The predicted molar refractivity (Wildman–Crippen MR) is 76.1 cm³/mol. The molecule has 0 amide bonds. The van der Waals surface area contributed by atoms with Crippen molar-refractivity contribution in [1.29, 1.82) is 0 Å². The van der Waals surface area contributed by atoms with E-state index in [1.165, 1.54) is 31.2 Å². The van der Waals surface area contributed by atoms with Crippen LogP contribution in [0, 0.1) is 5.92 Å². The van der Waals surface area contributed by atoms with E-state index in [0.717, 1.165) is 24.6 Å². The van der Waals surface area contributed by atoms with Gasteiger partial charge in [-0.25, -0.2) is 0 Å². The quantitative estimate of drug-likeness (QED) is 0.797. The molecule has 1 atom stereocenters. The van der Waals surface area contributed by atoms with Gasteiger partial charge in [-0.15, -0.1) is 0 Å². The highest BCUT2D eigenvalue weighted by molar-refractivity contribution is 5.29. The standard InChI is InChI=1S/C16H25NO/c1-3-17-15(10-13-6-4-7-13)11-14-8-5-9-16(12-14)18-2/h5,8-9,12-13,15,17H,3-4,6-7,10-11H2,1-2H3. The van der Waals surface area contributed by atoms with Crippen molar-refractivity contribution in [2.75, 3.05) is 13.7 Å². The van der Waals surface area contributed by atoms with Crippen LogP contribution in [0.4, 0.5) is 0 Å². The second-order valence-electron chi connectivity index (χ2n) is 5.34. The lowest BCUT2D eigenvalue weighted by atomic mass is 9.80. The van der Waals surface area contributed by atoms with Crippen LogP contribution >= 0.6 is 0 Å². The third-order valence-corrected chi connectivity index (χ3v) is 3.95. The van der Waals surface area contributed by atoms with Crippen LogP contribution in [0.1, 0.15) is 38.2 Å². The third-order valence-electron chi connectivity index (χ3n) is 3.95. The predicted octanol–water partition coefficient (Wildman–Crippen LogP) is 3.41. The van der Waals surface area contributed by atoms with E-state index < -0.39 is 0 Å². The first-order chi connectivity index (χ1) is 8.81. The van der Waals surface area contributed by atoms with Crippen molar-refractivity contribution < 1.29 is 4.74 Å². The van der Waals surface area contributed by atoms with Gasteiger partial charge in [0.05, 0.1) is 7.11 Å². The molecule has 0 saturated heterocycles. The van der Waals surface area contributed by atoms with E-state index in [1.54, 1.807) is 7.11 Å². The van der Waals surface area contributed by atoms with Gasteiger partial charge in [0.1, 0.15) is 5.75 Å². The Morgan fingerprint density at radius 3 is 2.83 bits per heavy atom. The van der Waals surface area contributed by atoms with E-state index in [9.17, 15) is 0 Å². The molecule has 1 N–H and O–H groups in total. The van der Waals surface area contributed by atoms with Crippen molar-refractivity contribution in [3.8, 4) is 5.75 Å². The molecule has 0 spiro atoms. The summed E-state index contributed by atoms with van der Waals surface area (Å²) in [5.74, 6) is 1.92. The fourth-order valence-electron chi connectivity index (χ4n) is 2.74.